The second kappa shape index (κ2) is 14.6. The van der Waals surface area contributed by atoms with Crippen molar-refractivity contribution in [1.29, 1.82) is 0 Å². The normalized spacial score (nSPS) is 10.4. The van der Waals surface area contributed by atoms with Gasteiger partial charge in [0.15, 0.2) is 0 Å². The Morgan fingerprint density at radius 3 is 1.89 bits per heavy atom. The Hall–Kier alpha value is -5.41. The summed E-state index contributed by atoms with van der Waals surface area (Å²) in [5, 5.41) is 1.09. The number of nitrogens with zero attached hydrogens (tertiary/aromatic N) is 2. The molecule has 0 saturated heterocycles. The molecule has 0 atom stereocenters. The monoisotopic (exact) mass is 769 g/mol. The van der Waals surface area contributed by atoms with Crippen LogP contribution in [-0.4, -0.2) is 9.97 Å². The zero-order chi connectivity index (χ0) is 30.3. The van der Waals surface area contributed by atoms with Gasteiger partial charge in [0.25, 0.3) is 0 Å². The topological polar surface area (TPSA) is 38.9 Å². The van der Waals surface area contributed by atoms with Gasteiger partial charge in [0.05, 0.1) is 0 Å². The Balaban J connectivity index is 0.000000241. The molecular weight excluding hydrogens is 741 g/mol. The molecule has 3 aromatic heterocycles. The van der Waals surface area contributed by atoms with E-state index in [1.54, 1.807) is 6.20 Å². The standard InChI is InChI=1S/C31H20NO.C11H8N.Ir/c1-3-8-22(9-4-1)26-16-17-32-29(20-26)27-13-7-12-24(18-27)25-14-15-30-28(19-25)21-31(33-30)23-10-5-2-6-11-23;1-2-6-10(7-3-1)11-8-4-5-9-12-11;/h1-12,14-21H;1-6,8-9H;/q2*-1;. The molecule has 0 spiro atoms. The van der Waals surface area contributed by atoms with Crippen LogP contribution in [0.25, 0.3) is 67.1 Å². The van der Waals surface area contributed by atoms with Crippen molar-refractivity contribution in [3.63, 3.8) is 0 Å². The molecule has 0 amide bonds. The van der Waals surface area contributed by atoms with Gasteiger partial charge in [0.2, 0.25) is 0 Å². The molecule has 0 fully saturated rings. The molecule has 46 heavy (non-hydrogen) atoms. The van der Waals surface area contributed by atoms with Gasteiger partial charge in [-0.1, -0.05) is 84.9 Å². The van der Waals surface area contributed by atoms with Crippen LogP contribution in [0.5, 0.6) is 0 Å². The molecule has 3 heterocycles. The van der Waals surface area contributed by atoms with Crippen LogP contribution in [0.1, 0.15) is 0 Å². The van der Waals surface area contributed by atoms with Crippen LogP contribution >= 0.6 is 0 Å². The van der Waals surface area contributed by atoms with Crippen LogP contribution in [0, 0.1) is 12.1 Å². The summed E-state index contributed by atoms with van der Waals surface area (Å²) in [5.41, 5.74) is 10.4. The number of aromatic nitrogens is 2. The number of rotatable bonds is 5. The molecule has 0 aliphatic rings. The molecule has 0 saturated carbocycles. The summed E-state index contributed by atoms with van der Waals surface area (Å²) in [6.07, 6.45) is 3.65. The van der Waals surface area contributed by atoms with Gasteiger partial charge in [-0.05, 0) is 58.4 Å². The molecule has 4 heteroatoms. The smallest absolute Gasteiger partial charge is 0.135 e. The molecule has 8 aromatic rings. The molecule has 0 N–H and O–H groups in total. The summed E-state index contributed by atoms with van der Waals surface area (Å²) < 4.78 is 6.08. The Bertz CT molecular complexity index is 2110. The summed E-state index contributed by atoms with van der Waals surface area (Å²) in [6, 6.07) is 59.5. The van der Waals surface area contributed by atoms with E-state index >= 15 is 0 Å². The van der Waals surface area contributed by atoms with E-state index in [0.717, 1.165) is 61.5 Å². The van der Waals surface area contributed by atoms with Crippen LogP contribution in [0.15, 0.2) is 175 Å². The molecule has 5 aromatic carbocycles. The largest absolute Gasteiger partial charge is 0.456 e. The first kappa shape index (κ1) is 30.6. The first-order valence-electron chi connectivity index (χ1n) is 14.8. The van der Waals surface area contributed by atoms with Gasteiger partial charge in [-0.2, -0.15) is 0 Å². The van der Waals surface area contributed by atoms with E-state index in [4.69, 9.17) is 4.42 Å². The predicted molar refractivity (Wildman–Crippen MR) is 183 cm³/mol. The molecular formula is C42H28IrN2O-2. The third-order valence-electron chi connectivity index (χ3n) is 7.50. The van der Waals surface area contributed by atoms with Gasteiger partial charge in [-0.15, -0.1) is 71.3 Å². The maximum Gasteiger partial charge on any atom is 0.135 e. The van der Waals surface area contributed by atoms with Gasteiger partial charge in [0, 0.05) is 43.4 Å². The number of hydrogen-bond donors (Lipinski definition) is 0. The first-order valence-corrected chi connectivity index (χ1v) is 14.8. The van der Waals surface area contributed by atoms with Crippen LogP contribution in [0.3, 0.4) is 0 Å². The van der Waals surface area contributed by atoms with Crippen molar-refractivity contribution in [3.8, 4) is 56.1 Å². The van der Waals surface area contributed by atoms with E-state index in [9.17, 15) is 0 Å². The van der Waals surface area contributed by atoms with Crippen molar-refractivity contribution in [2.45, 2.75) is 0 Å². The van der Waals surface area contributed by atoms with Crippen molar-refractivity contribution in [1.82, 2.24) is 9.97 Å². The van der Waals surface area contributed by atoms with E-state index in [2.05, 4.69) is 94.9 Å². The predicted octanol–water partition coefficient (Wildman–Crippen LogP) is 10.8. The molecule has 0 aliphatic carbocycles. The summed E-state index contributed by atoms with van der Waals surface area (Å²) in [5.74, 6) is 0.881. The summed E-state index contributed by atoms with van der Waals surface area (Å²) in [4.78, 5) is 8.83. The van der Waals surface area contributed by atoms with Crippen molar-refractivity contribution in [3.05, 3.63) is 182 Å². The van der Waals surface area contributed by atoms with E-state index in [1.165, 1.54) is 5.56 Å². The molecule has 1 radical (unpaired) electrons. The number of fused-ring (bicyclic) bond motifs is 1. The quantitative estimate of drug-likeness (QED) is 0.164. The van der Waals surface area contributed by atoms with E-state index in [-0.39, 0.29) is 20.1 Å². The molecule has 0 bridgehead atoms. The van der Waals surface area contributed by atoms with Gasteiger partial charge < -0.3 is 14.4 Å². The fourth-order valence-electron chi connectivity index (χ4n) is 5.22. The fourth-order valence-corrected chi connectivity index (χ4v) is 5.22. The second-order valence-electron chi connectivity index (χ2n) is 10.5. The van der Waals surface area contributed by atoms with Crippen molar-refractivity contribution in [2.24, 2.45) is 0 Å². The molecule has 8 rings (SSSR count). The van der Waals surface area contributed by atoms with Crippen LogP contribution in [0.4, 0.5) is 0 Å². The number of benzene rings is 5. The van der Waals surface area contributed by atoms with E-state index < -0.39 is 0 Å². The first-order chi connectivity index (χ1) is 22.3. The zero-order valence-electron chi connectivity index (χ0n) is 24.8. The molecule has 223 valence electrons. The van der Waals surface area contributed by atoms with Gasteiger partial charge in [-0.25, -0.2) is 0 Å². The van der Waals surface area contributed by atoms with Gasteiger partial charge >= 0.3 is 0 Å². The van der Waals surface area contributed by atoms with Crippen molar-refractivity contribution >= 4 is 11.0 Å². The summed E-state index contributed by atoms with van der Waals surface area (Å²) >= 11 is 0. The average molecular weight is 769 g/mol. The number of pyridine rings is 2. The fraction of sp³-hybridized carbons (Fsp3) is 0. The number of furan rings is 1. The zero-order valence-corrected chi connectivity index (χ0v) is 27.2. The third-order valence-corrected chi connectivity index (χ3v) is 7.50. The van der Waals surface area contributed by atoms with Gasteiger partial charge in [-0.3, -0.25) is 0 Å². The van der Waals surface area contributed by atoms with Crippen molar-refractivity contribution < 1.29 is 24.5 Å². The Labute approximate surface area is 282 Å². The average Bonchev–Trinajstić information content (AvgIpc) is 3.57. The maximum atomic E-state index is 6.08. The molecule has 0 aliphatic heterocycles. The Kier molecular flexibility index (Phi) is 9.70. The summed E-state index contributed by atoms with van der Waals surface area (Å²) in [7, 11) is 0. The van der Waals surface area contributed by atoms with Crippen LogP contribution in [0.2, 0.25) is 0 Å². The molecule has 3 nitrogen and oxygen atoms in total. The minimum atomic E-state index is 0. The molecule has 0 unspecified atom stereocenters. The Morgan fingerprint density at radius 1 is 0.435 bits per heavy atom. The SMILES string of the molecule is [Ir].[c-]1ccc(-c2ccc3oc(-c4ccccc4)cc3c2)cc1-c1cc(-c2ccccc2)ccn1.[c-]1ccccc1-c1ccccn1. The Morgan fingerprint density at radius 2 is 1.13 bits per heavy atom. The van der Waals surface area contributed by atoms with Crippen LogP contribution in [-0.2, 0) is 20.1 Å². The summed E-state index contributed by atoms with van der Waals surface area (Å²) in [6.45, 7) is 0. The number of hydrogen-bond acceptors (Lipinski definition) is 3. The second-order valence-corrected chi connectivity index (χ2v) is 10.5. The minimum Gasteiger partial charge on any atom is -0.456 e. The maximum absolute atomic E-state index is 6.08. The van der Waals surface area contributed by atoms with E-state index in [1.807, 2.05) is 91.1 Å². The van der Waals surface area contributed by atoms with Crippen molar-refractivity contribution in [2.75, 3.05) is 0 Å². The minimum absolute atomic E-state index is 0. The van der Waals surface area contributed by atoms with Crippen LogP contribution < -0.4 is 0 Å². The third kappa shape index (κ3) is 7.11. The van der Waals surface area contributed by atoms with E-state index in [0.29, 0.717) is 0 Å². The van der Waals surface area contributed by atoms with Gasteiger partial charge in [0.1, 0.15) is 11.3 Å².